The van der Waals surface area contributed by atoms with Gasteiger partial charge in [-0.2, -0.15) is 4.98 Å². The molecule has 0 spiro atoms. The van der Waals surface area contributed by atoms with E-state index in [4.69, 9.17) is 10.9 Å². The van der Waals surface area contributed by atoms with E-state index in [1.807, 2.05) is 0 Å². The highest BCUT2D eigenvalue weighted by Gasteiger charge is 2.07. The van der Waals surface area contributed by atoms with Crippen LogP contribution < -0.4 is 11.1 Å². The summed E-state index contributed by atoms with van der Waals surface area (Å²) in [7, 11) is 0. The summed E-state index contributed by atoms with van der Waals surface area (Å²) in [5.41, 5.74) is 5.33. The summed E-state index contributed by atoms with van der Waals surface area (Å²) >= 11 is 0. The highest BCUT2D eigenvalue weighted by molar-refractivity contribution is 5.84. The first-order chi connectivity index (χ1) is 6.24. The maximum atomic E-state index is 8.34. The van der Waals surface area contributed by atoms with Crippen molar-refractivity contribution in [2.24, 2.45) is 10.9 Å². The number of amidine groups is 1. The smallest absolute Gasteiger partial charge is 0.213 e. The maximum Gasteiger partial charge on any atom is 0.213 e. The molecule has 7 nitrogen and oxygen atoms in total. The van der Waals surface area contributed by atoms with Gasteiger partial charge in [0.05, 0.1) is 12.6 Å². The average molecular weight is 185 g/mol. The number of nitrogens with two attached hydrogens (primary N) is 1. The number of hydrogen-bond acceptors (Lipinski definition) is 6. The first kappa shape index (κ1) is 9.46. The molecule has 4 N–H and O–H groups in total. The van der Waals surface area contributed by atoms with Crippen molar-refractivity contribution in [2.75, 3.05) is 0 Å². The molecule has 72 valence electrons. The average Bonchev–Trinajstić information content (AvgIpc) is 2.65. The van der Waals surface area contributed by atoms with Crippen LogP contribution in [0.5, 0.6) is 0 Å². The van der Waals surface area contributed by atoms with Gasteiger partial charge in [0.1, 0.15) is 0 Å². The third kappa shape index (κ3) is 2.71. The van der Waals surface area contributed by atoms with Crippen LogP contribution in [0, 0.1) is 0 Å². The summed E-state index contributed by atoms with van der Waals surface area (Å²) in [6, 6.07) is -0.233. The Kier molecular flexibility index (Phi) is 3.21. The molecule has 7 heteroatoms. The molecular formula is C6H11N5O2. The zero-order chi connectivity index (χ0) is 9.68. The van der Waals surface area contributed by atoms with Crippen LogP contribution in [0.15, 0.2) is 16.1 Å². The van der Waals surface area contributed by atoms with Gasteiger partial charge in [-0.05, 0) is 6.92 Å². The van der Waals surface area contributed by atoms with E-state index < -0.39 is 0 Å². The van der Waals surface area contributed by atoms with E-state index in [0.29, 0.717) is 12.4 Å². The number of oxime groups is 1. The maximum absolute atomic E-state index is 8.34. The summed E-state index contributed by atoms with van der Waals surface area (Å²) in [6.45, 7) is 2.17. The summed E-state index contributed by atoms with van der Waals surface area (Å²) in [6.07, 6.45) is 1.24. The van der Waals surface area contributed by atoms with Crippen LogP contribution >= 0.6 is 0 Å². The third-order valence-corrected chi connectivity index (χ3v) is 1.53. The van der Waals surface area contributed by atoms with Crippen molar-refractivity contribution in [3.63, 3.8) is 0 Å². The van der Waals surface area contributed by atoms with Crippen molar-refractivity contribution in [1.82, 2.24) is 15.5 Å². The lowest BCUT2D eigenvalue weighted by molar-refractivity contribution is 0.315. The Labute approximate surface area is 74.6 Å². The van der Waals surface area contributed by atoms with Crippen molar-refractivity contribution in [3.8, 4) is 0 Å². The quantitative estimate of drug-likeness (QED) is 0.247. The van der Waals surface area contributed by atoms with Crippen LogP contribution in [0.3, 0.4) is 0 Å². The standard InChI is InChI=1S/C6H11N5O2/c1-4(6(7)10-12)8-2-5-9-3-13-11-5/h3-4,8,12H,2H2,1H3,(H2,7,10). The molecular weight excluding hydrogens is 174 g/mol. The van der Waals surface area contributed by atoms with E-state index in [2.05, 4.69) is 25.1 Å². The Hall–Kier alpha value is -1.63. The molecule has 0 aliphatic rings. The van der Waals surface area contributed by atoms with Crippen LogP contribution in [0.4, 0.5) is 0 Å². The molecule has 0 saturated heterocycles. The van der Waals surface area contributed by atoms with Gasteiger partial charge in [0.15, 0.2) is 11.7 Å². The van der Waals surface area contributed by atoms with Gasteiger partial charge in [-0.25, -0.2) is 0 Å². The first-order valence-corrected chi connectivity index (χ1v) is 3.70. The highest BCUT2D eigenvalue weighted by atomic mass is 16.5. The van der Waals surface area contributed by atoms with Gasteiger partial charge < -0.3 is 20.8 Å². The van der Waals surface area contributed by atoms with Crippen LogP contribution in [-0.2, 0) is 6.54 Å². The fourth-order valence-corrected chi connectivity index (χ4v) is 0.706. The zero-order valence-electron chi connectivity index (χ0n) is 7.14. The Bertz CT molecular complexity index is 271. The molecule has 1 unspecified atom stereocenters. The van der Waals surface area contributed by atoms with Crippen LogP contribution in [-0.4, -0.2) is 27.2 Å². The fourth-order valence-electron chi connectivity index (χ4n) is 0.706. The number of nitrogens with one attached hydrogen (secondary N) is 1. The zero-order valence-corrected chi connectivity index (χ0v) is 7.14. The summed E-state index contributed by atoms with van der Waals surface area (Å²) in [5.74, 6) is 0.640. The van der Waals surface area contributed by atoms with Gasteiger partial charge in [0.25, 0.3) is 0 Å². The molecule has 1 aromatic rings. The lowest BCUT2D eigenvalue weighted by atomic mass is 10.3. The minimum atomic E-state index is -0.233. The molecule has 1 heterocycles. The van der Waals surface area contributed by atoms with Crippen molar-refractivity contribution >= 4 is 5.84 Å². The normalized spacial score (nSPS) is 14.4. The monoisotopic (exact) mass is 185 g/mol. The predicted molar refractivity (Wildman–Crippen MR) is 44.0 cm³/mol. The predicted octanol–water partition coefficient (Wildman–Crippen LogP) is -0.706. The molecule has 0 amide bonds. The second-order valence-corrected chi connectivity index (χ2v) is 2.47. The van der Waals surface area contributed by atoms with Crippen LogP contribution in [0.1, 0.15) is 12.7 Å². The van der Waals surface area contributed by atoms with Crippen molar-refractivity contribution in [1.29, 1.82) is 0 Å². The number of aromatic nitrogens is 2. The van der Waals surface area contributed by atoms with E-state index >= 15 is 0 Å². The minimum Gasteiger partial charge on any atom is -0.409 e. The van der Waals surface area contributed by atoms with Gasteiger partial charge in [0.2, 0.25) is 6.39 Å². The van der Waals surface area contributed by atoms with E-state index in [1.165, 1.54) is 6.39 Å². The van der Waals surface area contributed by atoms with Crippen molar-refractivity contribution < 1.29 is 9.73 Å². The van der Waals surface area contributed by atoms with Gasteiger partial charge in [-0.3, -0.25) is 0 Å². The van der Waals surface area contributed by atoms with E-state index in [9.17, 15) is 0 Å². The lowest BCUT2D eigenvalue weighted by Crippen LogP contribution is -2.38. The Balaban J connectivity index is 2.35. The van der Waals surface area contributed by atoms with Crippen molar-refractivity contribution in [2.45, 2.75) is 19.5 Å². The molecule has 0 bridgehead atoms. The fraction of sp³-hybridized carbons (Fsp3) is 0.500. The molecule has 0 aliphatic carbocycles. The van der Waals surface area contributed by atoms with Crippen LogP contribution in [0.25, 0.3) is 0 Å². The highest BCUT2D eigenvalue weighted by Crippen LogP contribution is 1.89. The second kappa shape index (κ2) is 4.41. The molecule has 13 heavy (non-hydrogen) atoms. The Morgan fingerprint density at radius 1 is 1.92 bits per heavy atom. The number of nitrogens with zero attached hydrogens (tertiary/aromatic N) is 3. The van der Waals surface area contributed by atoms with Gasteiger partial charge >= 0.3 is 0 Å². The van der Waals surface area contributed by atoms with E-state index in [-0.39, 0.29) is 11.9 Å². The molecule has 0 aromatic carbocycles. The molecule has 1 atom stereocenters. The Morgan fingerprint density at radius 3 is 3.23 bits per heavy atom. The van der Waals surface area contributed by atoms with Gasteiger partial charge in [-0.15, -0.1) is 0 Å². The molecule has 0 saturated carbocycles. The second-order valence-electron chi connectivity index (χ2n) is 2.47. The minimum absolute atomic E-state index is 0.114. The number of rotatable bonds is 4. The lowest BCUT2D eigenvalue weighted by Gasteiger charge is -2.09. The van der Waals surface area contributed by atoms with Crippen LogP contribution in [0.2, 0.25) is 0 Å². The largest absolute Gasteiger partial charge is 0.409 e. The SMILES string of the molecule is CC(NCc1ncon1)C(N)=NO. The van der Waals surface area contributed by atoms with E-state index in [0.717, 1.165) is 0 Å². The third-order valence-electron chi connectivity index (χ3n) is 1.53. The van der Waals surface area contributed by atoms with E-state index in [1.54, 1.807) is 6.92 Å². The summed E-state index contributed by atoms with van der Waals surface area (Å²) < 4.78 is 4.52. The van der Waals surface area contributed by atoms with Gasteiger partial charge in [-0.1, -0.05) is 10.3 Å². The first-order valence-electron chi connectivity index (χ1n) is 3.70. The molecule has 1 rings (SSSR count). The molecule has 0 aliphatic heterocycles. The van der Waals surface area contributed by atoms with Gasteiger partial charge in [0, 0.05) is 0 Å². The molecule has 0 fully saturated rings. The van der Waals surface area contributed by atoms with Crippen molar-refractivity contribution in [3.05, 3.63) is 12.2 Å². The molecule has 0 radical (unpaired) electrons. The molecule has 1 aromatic heterocycles. The summed E-state index contributed by atoms with van der Waals surface area (Å²) in [4.78, 5) is 3.79. The topological polar surface area (TPSA) is 110 Å². The Morgan fingerprint density at radius 2 is 2.69 bits per heavy atom. The summed E-state index contributed by atoms with van der Waals surface area (Å²) in [5, 5.41) is 17.7. The number of hydrogen-bond donors (Lipinski definition) is 3.